The van der Waals surface area contributed by atoms with Crippen LogP contribution < -0.4 is 14.8 Å². The Morgan fingerprint density at radius 3 is 2.36 bits per heavy atom. The first-order chi connectivity index (χ1) is 13.3. The van der Waals surface area contributed by atoms with Crippen LogP contribution in [0.15, 0.2) is 30.5 Å². The molecule has 2 N–H and O–H groups in total. The highest BCUT2D eigenvalue weighted by atomic mass is 16.5. The minimum Gasteiger partial charge on any atom is -0.490 e. The fraction of sp³-hybridized carbons (Fsp3) is 0.350. The number of H-pyrrole nitrogens is 1. The summed E-state index contributed by atoms with van der Waals surface area (Å²) in [4.78, 5) is 40.1. The number of ketones is 1. The largest absolute Gasteiger partial charge is 0.490 e. The maximum absolute atomic E-state index is 12.4. The number of amides is 2. The molecule has 2 rings (SSSR count). The van der Waals surface area contributed by atoms with Crippen LogP contribution in [0, 0.1) is 0 Å². The van der Waals surface area contributed by atoms with Gasteiger partial charge in [-0.2, -0.15) is 0 Å². The van der Waals surface area contributed by atoms with Crippen LogP contribution in [-0.2, 0) is 4.79 Å². The van der Waals surface area contributed by atoms with Crippen molar-refractivity contribution >= 4 is 23.3 Å². The van der Waals surface area contributed by atoms with E-state index in [0.717, 1.165) is 0 Å². The topological polar surface area (TPSA) is 101 Å². The molecule has 0 saturated carbocycles. The highest BCUT2D eigenvalue weighted by Crippen LogP contribution is 2.30. The van der Waals surface area contributed by atoms with Gasteiger partial charge >= 0.3 is 0 Å². The van der Waals surface area contributed by atoms with Crippen LogP contribution in [0.5, 0.6) is 11.5 Å². The second-order valence-corrected chi connectivity index (χ2v) is 6.10. The second-order valence-electron chi connectivity index (χ2n) is 6.10. The van der Waals surface area contributed by atoms with Crippen LogP contribution in [0.3, 0.4) is 0 Å². The molecule has 0 spiro atoms. The lowest BCUT2D eigenvalue weighted by atomic mass is 10.2. The number of Topliss-reactive ketones (excluding diaryl/α,β-unsaturated/α-hetero) is 1. The summed E-state index contributed by atoms with van der Waals surface area (Å²) in [6.45, 7) is 5.98. The standard InChI is InChI=1S/C20H25N3O5/c1-5-27-17-8-7-15(10-18(17)28-6-2)22-19(25)12-23(4)20(26)16-9-14(11-21-16)13(3)24/h7-11,21H,5-6,12H2,1-4H3,(H,22,25). The van der Waals surface area contributed by atoms with Gasteiger partial charge in [0.25, 0.3) is 5.91 Å². The monoisotopic (exact) mass is 387 g/mol. The zero-order chi connectivity index (χ0) is 20.7. The number of hydrogen-bond donors (Lipinski definition) is 2. The van der Waals surface area contributed by atoms with Crippen molar-refractivity contribution < 1.29 is 23.9 Å². The molecule has 0 aliphatic rings. The van der Waals surface area contributed by atoms with Crippen LogP contribution in [0.4, 0.5) is 5.69 Å². The number of carbonyl (C=O) groups excluding carboxylic acids is 3. The van der Waals surface area contributed by atoms with E-state index in [-0.39, 0.29) is 29.8 Å². The van der Waals surface area contributed by atoms with Gasteiger partial charge in [0.05, 0.1) is 19.8 Å². The Bertz CT molecular complexity index is 859. The van der Waals surface area contributed by atoms with Crippen molar-refractivity contribution in [2.45, 2.75) is 20.8 Å². The summed E-state index contributed by atoms with van der Waals surface area (Å²) in [6, 6.07) is 6.58. The Morgan fingerprint density at radius 2 is 1.75 bits per heavy atom. The molecule has 2 amide bonds. The fourth-order valence-corrected chi connectivity index (χ4v) is 2.54. The van der Waals surface area contributed by atoms with E-state index in [1.165, 1.54) is 31.1 Å². The molecular formula is C20H25N3O5. The lowest BCUT2D eigenvalue weighted by Crippen LogP contribution is -2.35. The molecule has 1 heterocycles. The van der Waals surface area contributed by atoms with E-state index < -0.39 is 0 Å². The van der Waals surface area contributed by atoms with E-state index >= 15 is 0 Å². The van der Waals surface area contributed by atoms with Crippen molar-refractivity contribution in [2.75, 3.05) is 32.1 Å². The van der Waals surface area contributed by atoms with Crippen molar-refractivity contribution in [3.05, 3.63) is 41.7 Å². The number of anilines is 1. The molecule has 28 heavy (non-hydrogen) atoms. The van der Waals surface area contributed by atoms with Gasteiger partial charge in [0.15, 0.2) is 17.3 Å². The maximum atomic E-state index is 12.4. The van der Waals surface area contributed by atoms with Gasteiger partial charge < -0.3 is 24.7 Å². The predicted molar refractivity (Wildman–Crippen MR) is 105 cm³/mol. The van der Waals surface area contributed by atoms with Gasteiger partial charge in [-0.25, -0.2) is 0 Å². The predicted octanol–water partition coefficient (Wildman–Crippen LogP) is 2.73. The Kier molecular flexibility index (Phi) is 7.20. The second kappa shape index (κ2) is 9.59. The molecule has 0 aliphatic heterocycles. The summed E-state index contributed by atoms with van der Waals surface area (Å²) in [7, 11) is 1.51. The quantitative estimate of drug-likeness (QED) is 0.645. The lowest BCUT2D eigenvalue weighted by molar-refractivity contribution is -0.116. The molecule has 0 bridgehead atoms. The highest BCUT2D eigenvalue weighted by molar-refractivity contribution is 6.01. The molecule has 150 valence electrons. The molecule has 0 aliphatic carbocycles. The Labute approximate surface area is 163 Å². The van der Waals surface area contributed by atoms with Crippen LogP contribution in [0.2, 0.25) is 0 Å². The minimum atomic E-state index is -0.385. The first-order valence-electron chi connectivity index (χ1n) is 9.00. The Hall–Kier alpha value is -3.29. The lowest BCUT2D eigenvalue weighted by Gasteiger charge is -2.17. The molecule has 0 saturated heterocycles. The normalized spacial score (nSPS) is 10.3. The molecule has 1 aromatic carbocycles. The van der Waals surface area contributed by atoms with E-state index in [0.29, 0.717) is 36.0 Å². The Morgan fingerprint density at radius 1 is 1.07 bits per heavy atom. The zero-order valence-electron chi connectivity index (χ0n) is 16.5. The minimum absolute atomic E-state index is 0.142. The number of likely N-dealkylation sites (N-methyl/N-ethyl adjacent to an activating group) is 1. The van der Waals surface area contributed by atoms with Gasteiger partial charge in [0.1, 0.15) is 5.69 Å². The molecular weight excluding hydrogens is 362 g/mol. The van der Waals surface area contributed by atoms with Crippen LogP contribution >= 0.6 is 0 Å². The molecule has 0 atom stereocenters. The molecule has 2 aromatic rings. The zero-order valence-corrected chi connectivity index (χ0v) is 16.5. The van der Waals surface area contributed by atoms with Gasteiger partial charge in [-0.3, -0.25) is 14.4 Å². The third-order valence-electron chi connectivity index (χ3n) is 3.87. The number of hydrogen-bond acceptors (Lipinski definition) is 5. The van der Waals surface area contributed by atoms with E-state index in [1.807, 2.05) is 13.8 Å². The summed E-state index contributed by atoms with van der Waals surface area (Å²) in [5, 5.41) is 2.74. The molecule has 0 fully saturated rings. The third kappa shape index (κ3) is 5.35. The number of rotatable bonds is 9. The van der Waals surface area contributed by atoms with Gasteiger partial charge in [-0.05, 0) is 39.0 Å². The van der Waals surface area contributed by atoms with Crippen LogP contribution in [-0.4, -0.2) is 54.3 Å². The fourth-order valence-electron chi connectivity index (χ4n) is 2.54. The number of ether oxygens (including phenoxy) is 2. The van der Waals surface area contributed by atoms with Gasteiger partial charge in [0.2, 0.25) is 5.91 Å². The van der Waals surface area contributed by atoms with Gasteiger partial charge in [-0.15, -0.1) is 0 Å². The summed E-state index contributed by atoms with van der Waals surface area (Å²) in [6.07, 6.45) is 1.47. The summed E-state index contributed by atoms with van der Waals surface area (Å²) in [5.41, 5.74) is 1.20. The van der Waals surface area contributed by atoms with Crippen molar-refractivity contribution in [1.82, 2.24) is 9.88 Å². The van der Waals surface area contributed by atoms with Crippen LogP contribution in [0.25, 0.3) is 0 Å². The maximum Gasteiger partial charge on any atom is 0.270 e. The molecule has 8 heteroatoms. The summed E-state index contributed by atoms with van der Waals surface area (Å²) >= 11 is 0. The van der Waals surface area contributed by atoms with E-state index in [4.69, 9.17) is 9.47 Å². The number of nitrogens with zero attached hydrogens (tertiary/aromatic N) is 1. The van der Waals surface area contributed by atoms with E-state index in [2.05, 4.69) is 10.3 Å². The number of benzene rings is 1. The van der Waals surface area contributed by atoms with Crippen molar-refractivity contribution in [3.8, 4) is 11.5 Å². The average molecular weight is 387 g/mol. The third-order valence-corrected chi connectivity index (χ3v) is 3.87. The molecule has 8 nitrogen and oxygen atoms in total. The van der Waals surface area contributed by atoms with Crippen molar-refractivity contribution in [2.24, 2.45) is 0 Å². The summed E-state index contributed by atoms with van der Waals surface area (Å²) < 4.78 is 11.0. The van der Waals surface area contributed by atoms with Crippen molar-refractivity contribution in [3.63, 3.8) is 0 Å². The number of carbonyl (C=O) groups is 3. The molecule has 1 aromatic heterocycles. The SMILES string of the molecule is CCOc1ccc(NC(=O)CN(C)C(=O)c2cc(C(C)=O)c[nH]2)cc1OCC. The molecule has 0 unspecified atom stereocenters. The summed E-state index contributed by atoms with van der Waals surface area (Å²) in [5.74, 6) is 0.249. The molecule has 0 radical (unpaired) electrons. The smallest absolute Gasteiger partial charge is 0.270 e. The van der Waals surface area contributed by atoms with Gasteiger partial charge in [0, 0.05) is 30.6 Å². The number of aromatic nitrogens is 1. The van der Waals surface area contributed by atoms with Crippen LogP contribution in [0.1, 0.15) is 41.6 Å². The average Bonchev–Trinajstić information content (AvgIpc) is 3.14. The first kappa shape index (κ1) is 21.0. The van der Waals surface area contributed by atoms with E-state index in [1.54, 1.807) is 18.2 Å². The number of nitrogens with one attached hydrogen (secondary N) is 2. The van der Waals surface area contributed by atoms with Crippen molar-refractivity contribution in [1.29, 1.82) is 0 Å². The number of aromatic amines is 1. The van der Waals surface area contributed by atoms with E-state index in [9.17, 15) is 14.4 Å². The van der Waals surface area contributed by atoms with Gasteiger partial charge in [-0.1, -0.05) is 0 Å². The first-order valence-corrected chi connectivity index (χ1v) is 9.00. The Balaban J connectivity index is 2.01. The highest BCUT2D eigenvalue weighted by Gasteiger charge is 2.18.